The normalized spacial score (nSPS) is 31.1. The Bertz CT molecular complexity index is 1530. The minimum absolute atomic E-state index is 0.0427. The SMILES string of the molecule is CC1=CC(=O)O[C@H](/C=C/C(C)CC[C@@H]2CC[C@](CCC(C)/C=C/[C@@H]3CC(C)=CC(=O)O3)(C3=CC(=O)C(C)(C)O3)C3=C2OC(C)(C)C3=O)C1. The van der Waals surface area contributed by atoms with Crippen molar-refractivity contribution in [2.45, 2.75) is 130 Å². The van der Waals surface area contributed by atoms with E-state index in [4.69, 9.17) is 18.9 Å². The smallest absolute Gasteiger partial charge is 0.331 e. The van der Waals surface area contributed by atoms with E-state index in [-0.39, 0.29) is 53.5 Å². The molecular formula is C40H52O8. The molecule has 260 valence electrons. The summed E-state index contributed by atoms with van der Waals surface area (Å²) >= 11 is 0. The van der Waals surface area contributed by atoms with Crippen molar-refractivity contribution in [2.24, 2.45) is 23.2 Å². The summed E-state index contributed by atoms with van der Waals surface area (Å²) in [7, 11) is 0. The largest absolute Gasteiger partial charge is 0.483 e. The fourth-order valence-corrected chi connectivity index (χ4v) is 7.56. The quantitative estimate of drug-likeness (QED) is 0.164. The van der Waals surface area contributed by atoms with E-state index in [1.807, 2.05) is 39.8 Å². The van der Waals surface area contributed by atoms with Crippen LogP contribution in [0.25, 0.3) is 0 Å². The van der Waals surface area contributed by atoms with E-state index in [1.165, 1.54) is 6.08 Å². The number of cyclic esters (lactones) is 2. The van der Waals surface area contributed by atoms with Gasteiger partial charge >= 0.3 is 11.9 Å². The number of carbonyl (C=O) groups excluding carboxylic acids is 4. The monoisotopic (exact) mass is 660 g/mol. The Hall–Kier alpha value is -3.68. The number of hydrogen-bond donors (Lipinski definition) is 0. The van der Waals surface area contributed by atoms with Gasteiger partial charge in [-0.1, -0.05) is 37.1 Å². The molecule has 0 fully saturated rings. The minimum atomic E-state index is -1.01. The Morgan fingerprint density at radius 2 is 1.35 bits per heavy atom. The van der Waals surface area contributed by atoms with Gasteiger partial charge in [0.25, 0.3) is 0 Å². The molecule has 48 heavy (non-hydrogen) atoms. The summed E-state index contributed by atoms with van der Waals surface area (Å²) in [5.41, 5.74) is -0.109. The van der Waals surface area contributed by atoms with Crippen molar-refractivity contribution in [3.05, 3.63) is 70.8 Å². The van der Waals surface area contributed by atoms with Gasteiger partial charge in [0.05, 0.1) is 11.0 Å². The minimum Gasteiger partial charge on any atom is -0.483 e. The number of Topliss-reactive ketones (excluding diaryl/α,β-unsaturated/α-hetero) is 1. The molecule has 4 aliphatic heterocycles. The average Bonchev–Trinajstić information content (AvgIpc) is 3.41. The van der Waals surface area contributed by atoms with Crippen LogP contribution < -0.4 is 0 Å². The molecule has 0 bridgehead atoms. The van der Waals surface area contributed by atoms with Crippen LogP contribution in [-0.2, 0) is 38.1 Å². The number of hydrogen-bond acceptors (Lipinski definition) is 8. The van der Waals surface area contributed by atoms with Crippen molar-refractivity contribution >= 4 is 23.5 Å². The first kappa shape index (κ1) is 35.6. The molecule has 0 saturated heterocycles. The van der Waals surface area contributed by atoms with Crippen LogP contribution in [0.3, 0.4) is 0 Å². The standard InChI is InChI=1S/C40H52O8/c1-24(10-13-29-19-26(3)21-33(42)45-29)9-12-28-16-18-40(32-23-31(41)38(5,6)47-32,35-36(28)48-39(7,8)37(35)44)17-15-25(2)11-14-30-20-27(4)22-34(43)46-30/h10-11,13-14,21-25,28-30H,9,12,15-20H2,1-8H3/b13-10+,14-11+/t24?,25?,28-,29-,30-,40-/m1/s1. The van der Waals surface area contributed by atoms with Gasteiger partial charge in [0, 0.05) is 37.0 Å². The van der Waals surface area contributed by atoms with Gasteiger partial charge in [-0.15, -0.1) is 0 Å². The van der Waals surface area contributed by atoms with E-state index in [1.54, 1.807) is 26.0 Å². The van der Waals surface area contributed by atoms with E-state index in [0.29, 0.717) is 37.0 Å². The van der Waals surface area contributed by atoms with Gasteiger partial charge in [-0.3, -0.25) is 9.59 Å². The van der Waals surface area contributed by atoms with Gasteiger partial charge in [-0.05, 0) is 104 Å². The Morgan fingerprint density at radius 1 is 0.792 bits per heavy atom. The van der Waals surface area contributed by atoms with Crippen LogP contribution in [0.4, 0.5) is 0 Å². The van der Waals surface area contributed by atoms with Gasteiger partial charge in [0.1, 0.15) is 23.7 Å². The molecule has 4 heterocycles. The van der Waals surface area contributed by atoms with Gasteiger partial charge in [-0.25, -0.2) is 9.59 Å². The molecule has 0 aromatic heterocycles. The summed E-state index contributed by atoms with van der Waals surface area (Å²) in [6.07, 6.45) is 18.2. The first-order chi connectivity index (χ1) is 22.5. The Balaban J connectivity index is 1.37. The van der Waals surface area contributed by atoms with Crippen molar-refractivity contribution in [2.75, 3.05) is 0 Å². The first-order valence-electron chi connectivity index (χ1n) is 17.6. The molecule has 0 saturated carbocycles. The summed E-state index contributed by atoms with van der Waals surface area (Å²) in [5, 5.41) is 0. The Kier molecular flexibility index (Phi) is 10.1. The summed E-state index contributed by atoms with van der Waals surface area (Å²) in [6.45, 7) is 15.4. The predicted molar refractivity (Wildman–Crippen MR) is 182 cm³/mol. The fraction of sp³-hybridized carbons (Fsp3) is 0.600. The second kappa shape index (κ2) is 13.7. The molecule has 5 aliphatic rings. The van der Waals surface area contributed by atoms with Crippen LogP contribution in [0, 0.1) is 23.2 Å². The number of carbonyl (C=O) groups is 4. The van der Waals surface area contributed by atoms with Gasteiger partial charge in [0.15, 0.2) is 11.2 Å². The molecule has 8 nitrogen and oxygen atoms in total. The van der Waals surface area contributed by atoms with E-state index < -0.39 is 16.6 Å². The van der Waals surface area contributed by atoms with Gasteiger partial charge in [0.2, 0.25) is 11.6 Å². The molecule has 0 amide bonds. The first-order valence-corrected chi connectivity index (χ1v) is 17.6. The molecule has 0 aromatic rings. The molecule has 0 spiro atoms. The van der Waals surface area contributed by atoms with Crippen molar-refractivity contribution in [1.82, 2.24) is 0 Å². The third-order valence-corrected chi connectivity index (χ3v) is 10.5. The van der Waals surface area contributed by atoms with Crippen LogP contribution in [0.1, 0.15) is 107 Å². The van der Waals surface area contributed by atoms with E-state index in [2.05, 4.69) is 26.0 Å². The van der Waals surface area contributed by atoms with Crippen LogP contribution >= 0.6 is 0 Å². The van der Waals surface area contributed by atoms with Crippen molar-refractivity contribution in [1.29, 1.82) is 0 Å². The average molecular weight is 661 g/mol. The second-order valence-corrected chi connectivity index (χ2v) is 15.7. The third-order valence-electron chi connectivity index (χ3n) is 10.5. The number of rotatable bonds is 11. The molecule has 2 unspecified atom stereocenters. The highest BCUT2D eigenvalue weighted by molar-refractivity contribution is 6.06. The molecule has 8 heteroatoms. The van der Waals surface area contributed by atoms with E-state index >= 15 is 0 Å². The molecular weight excluding hydrogens is 608 g/mol. The van der Waals surface area contributed by atoms with Crippen molar-refractivity contribution in [3.8, 4) is 0 Å². The van der Waals surface area contributed by atoms with E-state index in [9.17, 15) is 19.2 Å². The summed E-state index contributed by atoms with van der Waals surface area (Å²) < 4.78 is 23.9. The highest BCUT2D eigenvalue weighted by Crippen LogP contribution is 2.59. The maximum Gasteiger partial charge on any atom is 0.331 e. The lowest BCUT2D eigenvalue weighted by Crippen LogP contribution is -2.39. The maximum absolute atomic E-state index is 14.3. The number of allylic oxidation sites excluding steroid dienone is 4. The zero-order chi connectivity index (χ0) is 35.0. The highest BCUT2D eigenvalue weighted by Gasteiger charge is 2.58. The van der Waals surface area contributed by atoms with Crippen LogP contribution in [0.2, 0.25) is 0 Å². The number of ether oxygens (including phenoxy) is 4. The third kappa shape index (κ3) is 7.63. The number of esters is 2. The lowest BCUT2D eigenvalue weighted by Gasteiger charge is -2.41. The highest BCUT2D eigenvalue weighted by atomic mass is 16.5. The molecule has 0 radical (unpaired) electrons. The maximum atomic E-state index is 14.3. The summed E-state index contributed by atoms with van der Waals surface area (Å²) in [4.78, 5) is 51.1. The van der Waals surface area contributed by atoms with Crippen LogP contribution in [-0.4, -0.2) is 46.9 Å². The Labute approximate surface area is 285 Å². The van der Waals surface area contributed by atoms with Crippen molar-refractivity contribution in [3.63, 3.8) is 0 Å². The van der Waals surface area contributed by atoms with Crippen LogP contribution in [0.5, 0.6) is 0 Å². The topological polar surface area (TPSA) is 105 Å². The molecule has 6 atom stereocenters. The second-order valence-electron chi connectivity index (χ2n) is 15.7. The molecule has 0 N–H and O–H groups in total. The molecule has 5 rings (SSSR count). The summed E-state index contributed by atoms with van der Waals surface area (Å²) in [6, 6.07) is 0. The zero-order valence-corrected chi connectivity index (χ0v) is 29.9. The van der Waals surface area contributed by atoms with Gasteiger partial charge < -0.3 is 18.9 Å². The van der Waals surface area contributed by atoms with Crippen LogP contribution in [0.15, 0.2) is 70.8 Å². The predicted octanol–water partition coefficient (Wildman–Crippen LogP) is 7.75. The Morgan fingerprint density at radius 3 is 1.88 bits per heavy atom. The molecule has 1 aliphatic carbocycles. The van der Waals surface area contributed by atoms with Gasteiger partial charge in [-0.2, -0.15) is 0 Å². The fourth-order valence-electron chi connectivity index (χ4n) is 7.56. The zero-order valence-electron chi connectivity index (χ0n) is 29.9. The lowest BCUT2D eigenvalue weighted by atomic mass is 9.62. The molecule has 0 aromatic carbocycles. The number of ketones is 2. The summed E-state index contributed by atoms with van der Waals surface area (Å²) in [5.74, 6) is 0.990. The van der Waals surface area contributed by atoms with Crippen molar-refractivity contribution < 1.29 is 38.1 Å². The lowest BCUT2D eigenvalue weighted by molar-refractivity contribution is -0.143. The van der Waals surface area contributed by atoms with E-state index in [0.717, 1.165) is 42.6 Å².